The summed E-state index contributed by atoms with van der Waals surface area (Å²) in [5.41, 5.74) is 5.47. The molecule has 1 aromatic heterocycles. The van der Waals surface area contributed by atoms with Crippen molar-refractivity contribution in [2.75, 3.05) is 0 Å². The second-order valence-electron chi connectivity index (χ2n) is 4.90. The maximum absolute atomic E-state index is 11.9. The molecule has 0 aliphatic rings. The van der Waals surface area contributed by atoms with E-state index in [1.165, 1.54) is 19.3 Å². The van der Waals surface area contributed by atoms with Crippen LogP contribution in [0.1, 0.15) is 33.5 Å². The van der Waals surface area contributed by atoms with Gasteiger partial charge in [-0.2, -0.15) is 0 Å². The first-order valence-corrected chi connectivity index (χ1v) is 7.12. The summed E-state index contributed by atoms with van der Waals surface area (Å²) in [6, 6.07) is 8.36. The lowest BCUT2D eigenvalue weighted by molar-refractivity contribution is -0.129. The number of benzene rings is 1. The van der Waals surface area contributed by atoms with Crippen molar-refractivity contribution in [2.24, 2.45) is 0 Å². The molecule has 0 saturated heterocycles. The molecule has 0 aliphatic heterocycles. The van der Waals surface area contributed by atoms with Gasteiger partial charge < -0.3 is 4.74 Å². The number of hydrogen-bond acceptors (Lipinski definition) is 6. The van der Waals surface area contributed by atoms with E-state index < -0.39 is 23.9 Å². The quantitative estimate of drug-likeness (QED) is 0.634. The Labute approximate surface area is 138 Å². The second kappa shape index (κ2) is 7.82. The minimum absolute atomic E-state index is 0.00595. The van der Waals surface area contributed by atoms with Crippen LogP contribution >= 0.6 is 0 Å². The van der Waals surface area contributed by atoms with E-state index in [1.54, 1.807) is 37.3 Å². The smallest absolute Gasteiger partial charge is 0.359 e. The highest BCUT2D eigenvalue weighted by Gasteiger charge is 2.20. The molecule has 0 aliphatic carbocycles. The summed E-state index contributed by atoms with van der Waals surface area (Å²) in [5, 5.41) is 0. The number of hydrazine groups is 1. The molecule has 0 radical (unpaired) electrons. The third-order valence-electron chi connectivity index (χ3n) is 2.98. The molecule has 24 heavy (non-hydrogen) atoms. The number of nitrogens with one attached hydrogen (secondary N) is 2. The topological polar surface area (TPSA) is 110 Å². The Bertz CT molecular complexity index is 732. The molecule has 1 heterocycles. The summed E-state index contributed by atoms with van der Waals surface area (Å²) < 4.78 is 4.97. The Morgan fingerprint density at radius 3 is 2.38 bits per heavy atom. The summed E-state index contributed by atoms with van der Waals surface area (Å²) in [4.78, 5) is 43.3. The van der Waals surface area contributed by atoms with Gasteiger partial charge in [-0.15, -0.1) is 0 Å². The van der Waals surface area contributed by atoms with Gasteiger partial charge >= 0.3 is 5.97 Å². The predicted octanol–water partition coefficient (Wildman–Crippen LogP) is 0.792. The van der Waals surface area contributed by atoms with E-state index in [0.29, 0.717) is 11.3 Å². The van der Waals surface area contributed by atoms with Crippen LogP contribution in [0, 0.1) is 6.92 Å². The van der Waals surface area contributed by atoms with Crippen molar-refractivity contribution >= 4 is 17.8 Å². The lowest BCUT2D eigenvalue weighted by Crippen LogP contribution is -2.46. The number of nitrogens with zero attached hydrogens (tertiary/aromatic N) is 2. The Morgan fingerprint density at radius 2 is 1.75 bits per heavy atom. The molecule has 0 saturated carbocycles. The molecule has 1 atom stereocenters. The van der Waals surface area contributed by atoms with Crippen LogP contribution in [-0.2, 0) is 9.53 Å². The summed E-state index contributed by atoms with van der Waals surface area (Å²) in [7, 11) is 0. The third-order valence-corrected chi connectivity index (χ3v) is 2.98. The largest absolute Gasteiger partial charge is 0.448 e. The summed E-state index contributed by atoms with van der Waals surface area (Å²) in [6.45, 7) is 3.11. The number of rotatable bonds is 4. The molecule has 2 N–H and O–H groups in total. The van der Waals surface area contributed by atoms with Gasteiger partial charge in [0, 0.05) is 11.8 Å². The second-order valence-corrected chi connectivity index (χ2v) is 4.90. The Hall–Kier alpha value is -3.29. The maximum Gasteiger partial charge on any atom is 0.359 e. The van der Waals surface area contributed by atoms with Gasteiger partial charge in [-0.3, -0.25) is 25.4 Å². The predicted molar refractivity (Wildman–Crippen MR) is 83.7 cm³/mol. The van der Waals surface area contributed by atoms with Crippen molar-refractivity contribution in [1.82, 2.24) is 20.8 Å². The number of carbonyl (C=O) groups is 3. The summed E-state index contributed by atoms with van der Waals surface area (Å²) in [6.07, 6.45) is 1.57. The van der Waals surface area contributed by atoms with Crippen molar-refractivity contribution in [3.63, 3.8) is 0 Å². The normalized spacial score (nSPS) is 11.2. The molecular formula is C16H16N4O4. The van der Waals surface area contributed by atoms with Crippen LogP contribution in [0.25, 0.3) is 0 Å². The van der Waals surface area contributed by atoms with Crippen LogP contribution in [-0.4, -0.2) is 33.9 Å². The van der Waals surface area contributed by atoms with Crippen LogP contribution in [0.15, 0.2) is 42.7 Å². The van der Waals surface area contributed by atoms with Crippen molar-refractivity contribution in [2.45, 2.75) is 20.0 Å². The van der Waals surface area contributed by atoms with Crippen molar-refractivity contribution in [3.8, 4) is 0 Å². The molecule has 8 heteroatoms. The van der Waals surface area contributed by atoms with Gasteiger partial charge in [-0.25, -0.2) is 9.78 Å². The SMILES string of the molecule is Cc1cnc(C(=O)O[C@@H](C)C(=O)NNC(=O)c2ccccc2)cn1. The van der Waals surface area contributed by atoms with Gasteiger partial charge in [0.2, 0.25) is 0 Å². The fourth-order valence-corrected chi connectivity index (χ4v) is 1.65. The number of amides is 2. The monoisotopic (exact) mass is 328 g/mol. The van der Waals surface area contributed by atoms with Crippen LogP contribution in [0.3, 0.4) is 0 Å². The Morgan fingerprint density at radius 1 is 1.04 bits per heavy atom. The van der Waals surface area contributed by atoms with Crippen LogP contribution in [0.4, 0.5) is 0 Å². The highest BCUT2D eigenvalue weighted by Crippen LogP contribution is 2.01. The number of ether oxygens (including phenoxy) is 1. The standard InChI is InChI=1S/C16H16N4O4/c1-10-8-18-13(9-17-10)16(23)24-11(2)14(21)19-20-15(22)12-6-4-3-5-7-12/h3-9,11H,1-2H3,(H,19,21)(H,20,22)/t11-/m0/s1. The van der Waals surface area contributed by atoms with E-state index in [1.807, 2.05) is 0 Å². The van der Waals surface area contributed by atoms with E-state index in [0.717, 1.165) is 0 Å². The highest BCUT2D eigenvalue weighted by atomic mass is 16.5. The fraction of sp³-hybridized carbons (Fsp3) is 0.188. The van der Waals surface area contributed by atoms with Gasteiger partial charge in [0.25, 0.3) is 11.8 Å². The number of esters is 1. The minimum Gasteiger partial charge on any atom is -0.448 e. The van der Waals surface area contributed by atoms with Crippen molar-refractivity contribution in [1.29, 1.82) is 0 Å². The fourth-order valence-electron chi connectivity index (χ4n) is 1.65. The van der Waals surface area contributed by atoms with Crippen LogP contribution in [0.2, 0.25) is 0 Å². The van der Waals surface area contributed by atoms with E-state index in [4.69, 9.17) is 4.74 Å². The first-order valence-electron chi connectivity index (χ1n) is 7.12. The molecule has 2 rings (SSSR count). The van der Waals surface area contributed by atoms with Crippen molar-refractivity contribution < 1.29 is 19.1 Å². The van der Waals surface area contributed by atoms with Gasteiger partial charge in [-0.1, -0.05) is 18.2 Å². The molecule has 124 valence electrons. The number of aryl methyl sites for hydroxylation is 1. The molecular weight excluding hydrogens is 312 g/mol. The van der Waals surface area contributed by atoms with Crippen molar-refractivity contribution in [3.05, 3.63) is 59.7 Å². The van der Waals surface area contributed by atoms with Gasteiger partial charge in [0.1, 0.15) is 0 Å². The number of hydrogen-bond donors (Lipinski definition) is 2. The average molecular weight is 328 g/mol. The van der Waals surface area contributed by atoms with Crippen LogP contribution in [0.5, 0.6) is 0 Å². The molecule has 0 spiro atoms. The van der Waals surface area contributed by atoms with Crippen LogP contribution < -0.4 is 10.9 Å². The van der Waals surface area contributed by atoms with E-state index in [9.17, 15) is 14.4 Å². The highest BCUT2D eigenvalue weighted by molar-refractivity contribution is 5.96. The lowest BCUT2D eigenvalue weighted by Gasteiger charge is -2.13. The Kier molecular flexibility index (Phi) is 5.56. The zero-order valence-electron chi connectivity index (χ0n) is 13.1. The zero-order valence-corrected chi connectivity index (χ0v) is 13.1. The number of aromatic nitrogens is 2. The minimum atomic E-state index is -1.11. The van der Waals surface area contributed by atoms with Gasteiger partial charge in [0.05, 0.1) is 11.9 Å². The molecule has 1 aromatic carbocycles. The van der Waals surface area contributed by atoms with Gasteiger partial charge in [0.15, 0.2) is 11.8 Å². The van der Waals surface area contributed by atoms with E-state index in [2.05, 4.69) is 20.8 Å². The summed E-state index contributed by atoms with van der Waals surface area (Å²) in [5.74, 6) is -1.93. The molecule has 0 fully saturated rings. The first-order chi connectivity index (χ1) is 11.5. The van der Waals surface area contributed by atoms with E-state index >= 15 is 0 Å². The first kappa shape index (κ1) is 17.1. The zero-order chi connectivity index (χ0) is 17.5. The molecule has 2 aromatic rings. The number of carbonyl (C=O) groups excluding carboxylic acids is 3. The third kappa shape index (κ3) is 4.60. The molecule has 8 nitrogen and oxygen atoms in total. The lowest BCUT2D eigenvalue weighted by atomic mass is 10.2. The van der Waals surface area contributed by atoms with E-state index in [-0.39, 0.29) is 5.69 Å². The van der Waals surface area contributed by atoms with Gasteiger partial charge in [-0.05, 0) is 26.0 Å². The summed E-state index contributed by atoms with van der Waals surface area (Å²) >= 11 is 0. The Balaban J connectivity index is 1.84. The maximum atomic E-state index is 11.9. The molecule has 2 amide bonds. The molecule has 0 unspecified atom stereocenters. The molecule has 0 bridgehead atoms. The average Bonchev–Trinajstić information content (AvgIpc) is 2.60.